The zero-order chi connectivity index (χ0) is 27.2. The van der Waals surface area contributed by atoms with E-state index in [0.29, 0.717) is 35.7 Å². The maximum atomic E-state index is 14.7. The molecule has 2 heterocycles. The number of aryl methyl sites for hydroxylation is 1. The van der Waals surface area contributed by atoms with Gasteiger partial charge in [0.2, 0.25) is 5.82 Å². The van der Waals surface area contributed by atoms with Crippen molar-refractivity contribution < 1.29 is 27.1 Å². The van der Waals surface area contributed by atoms with Crippen LogP contribution in [0.4, 0.5) is 29.1 Å². The number of amides is 1. The molecule has 38 heavy (non-hydrogen) atoms. The first-order valence-electron chi connectivity index (χ1n) is 12.3. The Morgan fingerprint density at radius 3 is 2.63 bits per heavy atom. The van der Waals surface area contributed by atoms with Gasteiger partial charge in [-0.2, -0.15) is 13.2 Å². The van der Waals surface area contributed by atoms with Gasteiger partial charge >= 0.3 is 6.61 Å². The van der Waals surface area contributed by atoms with E-state index in [9.17, 15) is 22.4 Å². The Labute approximate surface area is 216 Å². The smallest absolute Gasteiger partial charge is 0.387 e. The number of ether oxygens (including phenoxy) is 1. The van der Waals surface area contributed by atoms with Crippen molar-refractivity contribution in [3.05, 3.63) is 71.7 Å². The monoisotopic (exact) mass is 529 g/mol. The highest BCUT2D eigenvalue weighted by atomic mass is 19.3. The third-order valence-corrected chi connectivity index (χ3v) is 6.03. The maximum Gasteiger partial charge on any atom is 0.387 e. The lowest BCUT2D eigenvalue weighted by molar-refractivity contribution is -0.0525. The number of alkyl halides is 2. The minimum absolute atomic E-state index is 0.123. The number of nitrogens with one attached hydrogen (secondary N) is 2. The minimum atomic E-state index is -3.28. The number of aromatic nitrogens is 3. The van der Waals surface area contributed by atoms with Crippen LogP contribution in [0.5, 0.6) is 5.75 Å². The average Bonchev–Trinajstić information content (AvgIpc) is 3.34. The first kappa shape index (κ1) is 26.9. The number of hydrogen-bond donors (Lipinski definition) is 2. The molecule has 0 saturated carbocycles. The molecule has 0 aliphatic rings. The van der Waals surface area contributed by atoms with Crippen molar-refractivity contribution >= 4 is 23.1 Å². The summed E-state index contributed by atoms with van der Waals surface area (Å²) in [6, 6.07) is 7.44. The fraction of sp³-hybridized carbons (Fsp3) is 0.296. The standard InChI is InChI=1S/C27H27F4N5O2/c1-3-5-6-11-33-26(37)18-8-7-17(14-16(18)4-2)35-24-25-34-15-20(36(25)13-12-32-24)19-9-10-21(38-27(30)31)23(29)22(19)28/h7-10,12-15,27H,3-6,11H2,1-2H3,(H,32,35)(H,33,37). The third kappa shape index (κ3) is 5.71. The van der Waals surface area contributed by atoms with E-state index < -0.39 is 24.0 Å². The normalized spacial score (nSPS) is 11.2. The van der Waals surface area contributed by atoms with Crippen molar-refractivity contribution in [2.24, 2.45) is 0 Å². The Balaban J connectivity index is 1.60. The second kappa shape index (κ2) is 11.9. The molecule has 2 aromatic carbocycles. The van der Waals surface area contributed by atoms with Gasteiger partial charge in [-0.1, -0.05) is 26.7 Å². The summed E-state index contributed by atoms with van der Waals surface area (Å²) in [4.78, 5) is 21.3. The van der Waals surface area contributed by atoms with E-state index in [4.69, 9.17) is 0 Å². The lowest BCUT2D eigenvalue weighted by Gasteiger charge is -2.13. The van der Waals surface area contributed by atoms with Crippen molar-refractivity contribution in [1.82, 2.24) is 19.7 Å². The first-order chi connectivity index (χ1) is 18.3. The van der Waals surface area contributed by atoms with E-state index in [0.717, 1.165) is 37.0 Å². The summed E-state index contributed by atoms with van der Waals surface area (Å²) in [5.41, 5.74) is 2.44. The number of rotatable bonds is 11. The van der Waals surface area contributed by atoms with E-state index in [1.165, 1.54) is 23.0 Å². The lowest BCUT2D eigenvalue weighted by atomic mass is 10.0. The van der Waals surface area contributed by atoms with Crippen molar-refractivity contribution in [2.45, 2.75) is 46.1 Å². The van der Waals surface area contributed by atoms with Crippen LogP contribution in [0.15, 0.2) is 48.9 Å². The lowest BCUT2D eigenvalue weighted by Crippen LogP contribution is -2.25. The van der Waals surface area contributed by atoms with Gasteiger partial charge in [-0.25, -0.2) is 14.4 Å². The number of fused-ring (bicyclic) bond motifs is 1. The second-order valence-corrected chi connectivity index (χ2v) is 8.54. The quantitative estimate of drug-likeness (QED) is 0.171. The molecule has 11 heteroatoms. The van der Waals surface area contributed by atoms with Gasteiger partial charge in [0.1, 0.15) is 0 Å². The Kier molecular flexibility index (Phi) is 8.45. The molecule has 0 spiro atoms. The Bertz CT molecular complexity index is 1440. The number of nitrogens with zero attached hydrogens (tertiary/aromatic N) is 3. The second-order valence-electron chi connectivity index (χ2n) is 8.54. The van der Waals surface area contributed by atoms with Crippen LogP contribution in [0.25, 0.3) is 16.9 Å². The molecular weight excluding hydrogens is 502 g/mol. The molecule has 4 aromatic rings. The molecule has 0 bridgehead atoms. The Hall–Kier alpha value is -4.15. The third-order valence-electron chi connectivity index (χ3n) is 6.03. The van der Waals surface area contributed by atoms with E-state index in [-0.39, 0.29) is 17.2 Å². The summed E-state index contributed by atoms with van der Waals surface area (Å²) in [6.07, 6.45) is 8.00. The molecule has 0 saturated heterocycles. The Morgan fingerprint density at radius 2 is 1.89 bits per heavy atom. The summed E-state index contributed by atoms with van der Waals surface area (Å²) in [5.74, 6) is -3.53. The molecule has 2 aromatic heterocycles. The molecular formula is C27H27F4N5O2. The van der Waals surface area contributed by atoms with E-state index in [1.54, 1.807) is 12.1 Å². The van der Waals surface area contributed by atoms with Crippen molar-refractivity contribution in [1.29, 1.82) is 0 Å². The molecule has 0 radical (unpaired) electrons. The SMILES string of the molecule is CCCCCNC(=O)c1ccc(Nc2nccn3c(-c4ccc(OC(F)F)c(F)c4F)cnc23)cc1CC. The van der Waals surface area contributed by atoms with Crippen LogP contribution in [0.1, 0.15) is 49.0 Å². The first-order valence-corrected chi connectivity index (χ1v) is 12.3. The largest absolute Gasteiger partial charge is 0.432 e. The summed E-state index contributed by atoms with van der Waals surface area (Å²) in [6.45, 7) is 1.40. The Morgan fingerprint density at radius 1 is 1.08 bits per heavy atom. The van der Waals surface area contributed by atoms with Gasteiger partial charge in [0.15, 0.2) is 23.0 Å². The number of benzene rings is 2. The summed E-state index contributed by atoms with van der Waals surface area (Å²) < 4.78 is 59.5. The fourth-order valence-electron chi connectivity index (χ4n) is 4.12. The highest BCUT2D eigenvalue weighted by Crippen LogP contribution is 2.32. The minimum Gasteiger partial charge on any atom is -0.432 e. The number of unbranched alkanes of at least 4 members (excludes halogenated alkanes) is 2. The van der Waals surface area contributed by atoms with Crippen LogP contribution >= 0.6 is 0 Å². The zero-order valence-electron chi connectivity index (χ0n) is 20.9. The molecule has 7 nitrogen and oxygen atoms in total. The van der Waals surface area contributed by atoms with Crippen LogP contribution < -0.4 is 15.4 Å². The molecule has 200 valence electrons. The molecule has 0 unspecified atom stereocenters. The van der Waals surface area contributed by atoms with Crippen LogP contribution in [-0.4, -0.2) is 33.4 Å². The molecule has 2 N–H and O–H groups in total. The molecule has 0 aliphatic heterocycles. The van der Waals surface area contributed by atoms with E-state index in [1.807, 2.05) is 13.0 Å². The van der Waals surface area contributed by atoms with Crippen molar-refractivity contribution in [3.63, 3.8) is 0 Å². The molecule has 0 fully saturated rings. The van der Waals surface area contributed by atoms with Gasteiger partial charge in [0.05, 0.1) is 11.9 Å². The molecule has 0 aliphatic carbocycles. The van der Waals surface area contributed by atoms with Crippen LogP contribution in [-0.2, 0) is 6.42 Å². The van der Waals surface area contributed by atoms with Crippen LogP contribution in [0, 0.1) is 11.6 Å². The molecule has 1 amide bonds. The average molecular weight is 530 g/mol. The number of imidazole rings is 1. The van der Waals surface area contributed by atoms with Gasteiger partial charge in [0.25, 0.3) is 5.91 Å². The summed E-state index contributed by atoms with van der Waals surface area (Å²) in [7, 11) is 0. The topological polar surface area (TPSA) is 80.6 Å². The van der Waals surface area contributed by atoms with E-state index >= 15 is 0 Å². The molecule has 0 atom stereocenters. The number of carbonyl (C=O) groups is 1. The van der Waals surface area contributed by atoms with Gasteiger partial charge in [-0.15, -0.1) is 0 Å². The van der Waals surface area contributed by atoms with Gasteiger partial charge in [-0.05, 0) is 48.7 Å². The van der Waals surface area contributed by atoms with Crippen LogP contribution in [0.3, 0.4) is 0 Å². The van der Waals surface area contributed by atoms with Gasteiger partial charge < -0.3 is 15.4 Å². The van der Waals surface area contributed by atoms with Gasteiger partial charge in [-0.3, -0.25) is 9.20 Å². The van der Waals surface area contributed by atoms with Crippen LogP contribution in [0.2, 0.25) is 0 Å². The van der Waals surface area contributed by atoms with Crippen molar-refractivity contribution in [2.75, 3.05) is 11.9 Å². The number of halogens is 4. The van der Waals surface area contributed by atoms with Crippen molar-refractivity contribution in [3.8, 4) is 17.0 Å². The van der Waals surface area contributed by atoms with Gasteiger partial charge in [0, 0.05) is 35.8 Å². The highest BCUT2D eigenvalue weighted by molar-refractivity contribution is 5.96. The predicted molar refractivity (Wildman–Crippen MR) is 136 cm³/mol. The number of hydrogen-bond acceptors (Lipinski definition) is 5. The number of anilines is 2. The number of carbonyl (C=O) groups excluding carboxylic acids is 1. The zero-order valence-corrected chi connectivity index (χ0v) is 20.9. The maximum absolute atomic E-state index is 14.7. The van der Waals surface area contributed by atoms with E-state index in [2.05, 4.69) is 32.3 Å². The summed E-state index contributed by atoms with van der Waals surface area (Å²) in [5, 5.41) is 6.13. The summed E-state index contributed by atoms with van der Waals surface area (Å²) >= 11 is 0. The fourth-order valence-corrected chi connectivity index (χ4v) is 4.12. The predicted octanol–water partition coefficient (Wildman–Crippen LogP) is 6.50. The highest BCUT2D eigenvalue weighted by Gasteiger charge is 2.21. The molecule has 4 rings (SSSR count).